The van der Waals surface area contributed by atoms with Crippen LogP contribution in [0, 0.1) is 0 Å². The van der Waals surface area contributed by atoms with Crippen molar-refractivity contribution >= 4 is 40.9 Å². The van der Waals surface area contributed by atoms with Crippen LogP contribution in [0.5, 0.6) is 0 Å². The van der Waals surface area contributed by atoms with Gasteiger partial charge in [0, 0.05) is 18.3 Å². The third-order valence-electron chi connectivity index (χ3n) is 3.68. The molecule has 1 amide bonds. The number of carbonyl (C=O) groups is 2. The number of hydrogen-bond acceptors (Lipinski definition) is 5. The molecular formula is C18H15ClN4O3S. The summed E-state index contributed by atoms with van der Waals surface area (Å²) in [5.74, 6) is -0.630. The van der Waals surface area contributed by atoms with Gasteiger partial charge < -0.3 is 15.0 Å². The first-order valence-corrected chi connectivity index (χ1v) is 9.22. The third kappa shape index (κ3) is 4.47. The van der Waals surface area contributed by atoms with Gasteiger partial charge >= 0.3 is 5.97 Å². The van der Waals surface area contributed by atoms with Crippen molar-refractivity contribution in [1.29, 1.82) is 0 Å². The molecule has 0 spiro atoms. The number of nitrogens with zero attached hydrogens (tertiary/aromatic N) is 3. The molecule has 0 aliphatic heterocycles. The van der Waals surface area contributed by atoms with Crippen molar-refractivity contribution in [3.63, 3.8) is 0 Å². The van der Waals surface area contributed by atoms with E-state index in [1.165, 1.54) is 23.9 Å². The van der Waals surface area contributed by atoms with E-state index in [2.05, 4.69) is 15.5 Å². The fourth-order valence-electron chi connectivity index (χ4n) is 2.37. The van der Waals surface area contributed by atoms with E-state index in [0.29, 0.717) is 16.7 Å². The van der Waals surface area contributed by atoms with E-state index in [4.69, 9.17) is 16.7 Å². The SMILES string of the molecule is Cn1c(SCC(=O)Nc2ccc(Cl)c(C(=O)O)c2)nnc1-c1ccccc1. The molecule has 1 heterocycles. The van der Waals surface area contributed by atoms with Crippen molar-refractivity contribution in [1.82, 2.24) is 14.8 Å². The predicted molar refractivity (Wildman–Crippen MR) is 104 cm³/mol. The predicted octanol–water partition coefficient (Wildman–Crippen LogP) is 3.56. The monoisotopic (exact) mass is 402 g/mol. The number of benzene rings is 2. The lowest BCUT2D eigenvalue weighted by atomic mass is 10.2. The van der Waals surface area contributed by atoms with Crippen LogP contribution in [0.4, 0.5) is 5.69 Å². The zero-order valence-corrected chi connectivity index (χ0v) is 15.8. The van der Waals surface area contributed by atoms with Gasteiger partial charge in [0.25, 0.3) is 0 Å². The molecule has 9 heteroatoms. The number of hydrogen-bond donors (Lipinski definition) is 2. The fraction of sp³-hybridized carbons (Fsp3) is 0.111. The lowest BCUT2D eigenvalue weighted by molar-refractivity contribution is -0.113. The molecule has 0 aliphatic carbocycles. The van der Waals surface area contributed by atoms with E-state index in [9.17, 15) is 9.59 Å². The van der Waals surface area contributed by atoms with E-state index < -0.39 is 5.97 Å². The molecule has 0 radical (unpaired) electrons. The minimum absolute atomic E-state index is 0.0667. The molecule has 2 aromatic carbocycles. The number of anilines is 1. The van der Waals surface area contributed by atoms with Gasteiger partial charge in [-0.2, -0.15) is 0 Å². The largest absolute Gasteiger partial charge is 0.478 e. The van der Waals surface area contributed by atoms with E-state index in [1.807, 2.05) is 41.9 Å². The Kier molecular flexibility index (Phi) is 5.78. The Bertz CT molecular complexity index is 992. The van der Waals surface area contributed by atoms with Crippen LogP contribution in [0.25, 0.3) is 11.4 Å². The van der Waals surface area contributed by atoms with Gasteiger partial charge in [0.2, 0.25) is 5.91 Å². The van der Waals surface area contributed by atoms with Crippen LogP contribution in [-0.2, 0) is 11.8 Å². The van der Waals surface area contributed by atoms with E-state index in [-0.39, 0.29) is 22.2 Å². The molecule has 2 N–H and O–H groups in total. The molecule has 27 heavy (non-hydrogen) atoms. The Labute approximate surface area is 164 Å². The van der Waals surface area contributed by atoms with Gasteiger partial charge in [0.1, 0.15) is 0 Å². The molecule has 0 unspecified atom stereocenters. The Morgan fingerprint density at radius 2 is 1.93 bits per heavy atom. The summed E-state index contributed by atoms with van der Waals surface area (Å²) in [5.41, 5.74) is 1.24. The standard InChI is InChI=1S/C18H15ClN4O3S/c1-23-16(11-5-3-2-4-6-11)21-22-18(23)27-10-15(24)20-12-7-8-14(19)13(9-12)17(25)26/h2-9H,10H2,1H3,(H,20,24)(H,25,26). The summed E-state index contributed by atoms with van der Waals surface area (Å²) < 4.78 is 1.82. The molecule has 0 atom stereocenters. The smallest absolute Gasteiger partial charge is 0.337 e. The van der Waals surface area contributed by atoms with Crippen LogP contribution in [0.3, 0.4) is 0 Å². The zero-order valence-electron chi connectivity index (χ0n) is 14.2. The topological polar surface area (TPSA) is 97.1 Å². The number of aromatic carboxylic acids is 1. The van der Waals surface area contributed by atoms with Crippen LogP contribution in [0.1, 0.15) is 10.4 Å². The summed E-state index contributed by atoms with van der Waals surface area (Å²) in [6.07, 6.45) is 0. The Morgan fingerprint density at radius 3 is 2.63 bits per heavy atom. The molecule has 0 saturated carbocycles. The quantitative estimate of drug-likeness (QED) is 0.612. The Morgan fingerprint density at radius 1 is 1.19 bits per heavy atom. The first-order chi connectivity index (χ1) is 13.0. The molecule has 0 bridgehead atoms. The van der Waals surface area contributed by atoms with Crippen LogP contribution < -0.4 is 5.32 Å². The van der Waals surface area contributed by atoms with Crippen LogP contribution in [0.2, 0.25) is 5.02 Å². The van der Waals surface area contributed by atoms with Gasteiger partial charge in [-0.1, -0.05) is 53.7 Å². The minimum atomic E-state index is -1.15. The molecular weight excluding hydrogens is 388 g/mol. The molecule has 3 aromatic rings. The second-order valence-electron chi connectivity index (χ2n) is 5.57. The summed E-state index contributed by atoms with van der Waals surface area (Å²) in [5, 5.41) is 20.7. The molecule has 3 rings (SSSR count). The maximum Gasteiger partial charge on any atom is 0.337 e. The highest BCUT2D eigenvalue weighted by Gasteiger charge is 2.14. The molecule has 0 fully saturated rings. The average molecular weight is 403 g/mol. The second kappa shape index (κ2) is 8.24. The summed E-state index contributed by atoms with van der Waals surface area (Å²) in [6.45, 7) is 0. The fourth-order valence-corrected chi connectivity index (χ4v) is 3.28. The number of carbonyl (C=O) groups excluding carboxylic acids is 1. The van der Waals surface area contributed by atoms with Gasteiger partial charge in [-0.25, -0.2) is 4.79 Å². The number of nitrogens with one attached hydrogen (secondary N) is 1. The lowest BCUT2D eigenvalue weighted by Crippen LogP contribution is -2.15. The Balaban J connectivity index is 1.64. The first-order valence-electron chi connectivity index (χ1n) is 7.86. The molecule has 7 nitrogen and oxygen atoms in total. The van der Waals surface area contributed by atoms with Crippen molar-refractivity contribution in [3.8, 4) is 11.4 Å². The normalized spacial score (nSPS) is 10.6. The van der Waals surface area contributed by atoms with Crippen molar-refractivity contribution in [2.24, 2.45) is 7.05 Å². The van der Waals surface area contributed by atoms with E-state index in [1.54, 1.807) is 6.07 Å². The number of carboxylic acid groups (broad SMARTS) is 1. The average Bonchev–Trinajstić information content (AvgIpc) is 3.02. The van der Waals surface area contributed by atoms with Crippen LogP contribution in [0.15, 0.2) is 53.7 Å². The molecule has 138 valence electrons. The van der Waals surface area contributed by atoms with Crippen molar-refractivity contribution < 1.29 is 14.7 Å². The third-order valence-corrected chi connectivity index (χ3v) is 5.03. The lowest BCUT2D eigenvalue weighted by Gasteiger charge is -2.07. The van der Waals surface area contributed by atoms with Gasteiger partial charge in [-0.15, -0.1) is 10.2 Å². The number of halogens is 1. The highest BCUT2D eigenvalue weighted by Crippen LogP contribution is 2.23. The van der Waals surface area contributed by atoms with Crippen molar-refractivity contribution in [2.75, 3.05) is 11.1 Å². The molecule has 1 aromatic heterocycles. The number of amides is 1. The summed E-state index contributed by atoms with van der Waals surface area (Å²) in [7, 11) is 1.83. The Hall–Kier alpha value is -2.84. The maximum atomic E-state index is 12.2. The number of rotatable bonds is 6. The van der Waals surface area contributed by atoms with E-state index >= 15 is 0 Å². The van der Waals surface area contributed by atoms with Gasteiger partial charge in [0.15, 0.2) is 11.0 Å². The second-order valence-corrected chi connectivity index (χ2v) is 6.92. The van der Waals surface area contributed by atoms with Crippen molar-refractivity contribution in [3.05, 3.63) is 59.1 Å². The maximum absolute atomic E-state index is 12.2. The van der Waals surface area contributed by atoms with Gasteiger partial charge in [-0.3, -0.25) is 4.79 Å². The highest BCUT2D eigenvalue weighted by atomic mass is 35.5. The summed E-state index contributed by atoms with van der Waals surface area (Å²) >= 11 is 7.06. The van der Waals surface area contributed by atoms with Gasteiger partial charge in [-0.05, 0) is 18.2 Å². The van der Waals surface area contributed by atoms with Crippen LogP contribution >= 0.6 is 23.4 Å². The highest BCUT2D eigenvalue weighted by molar-refractivity contribution is 7.99. The zero-order chi connectivity index (χ0) is 19.4. The number of aromatic nitrogens is 3. The molecule has 0 saturated heterocycles. The number of thioether (sulfide) groups is 1. The van der Waals surface area contributed by atoms with E-state index in [0.717, 1.165) is 5.56 Å². The minimum Gasteiger partial charge on any atom is -0.478 e. The molecule has 0 aliphatic rings. The van der Waals surface area contributed by atoms with Crippen molar-refractivity contribution in [2.45, 2.75) is 5.16 Å². The van der Waals surface area contributed by atoms with Gasteiger partial charge in [0.05, 0.1) is 16.3 Å². The summed E-state index contributed by atoms with van der Waals surface area (Å²) in [4.78, 5) is 23.3. The summed E-state index contributed by atoms with van der Waals surface area (Å²) in [6, 6.07) is 13.9. The number of carboxylic acids is 1. The first kappa shape index (κ1) is 18.9. The van der Waals surface area contributed by atoms with Crippen LogP contribution in [-0.4, -0.2) is 37.5 Å².